The SMILES string of the molecule is COc1ccc(C(=O)c2cccnc2)c(C)c1. The Morgan fingerprint density at radius 1 is 1.29 bits per heavy atom. The van der Waals surface area contributed by atoms with E-state index in [9.17, 15) is 4.79 Å². The molecule has 0 spiro atoms. The highest BCUT2D eigenvalue weighted by Crippen LogP contribution is 2.19. The van der Waals surface area contributed by atoms with Crippen LogP contribution in [0, 0.1) is 6.92 Å². The zero-order chi connectivity index (χ0) is 12.3. The Balaban J connectivity index is 2.38. The smallest absolute Gasteiger partial charge is 0.194 e. The summed E-state index contributed by atoms with van der Waals surface area (Å²) in [5.74, 6) is 0.739. The van der Waals surface area contributed by atoms with Crippen LogP contribution in [0.2, 0.25) is 0 Å². The fourth-order valence-corrected chi connectivity index (χ4v) is 1.67. The van der Waals surface area contributed by atoms with Crippen LogP contribution < -0.4 is 4.74 Å². The average Bonchev–Trinajstić information content (AvgIpc) is 2.39. The number of rotatable bonds is 3. The number of aromatic nitrogens is 1. The molecular weight excluding hydrogens is 214 g/mol. The molecule has 2 aromatic rings. The van der Waals surface area contributed by atoms with Crippen LogP contribution in [0.25, 0.3) is 0 Å². The van der Waals surface area contributed by atoms with E-state index in [1.165, 1.54) is 0 Å². The van der Waals surface area contributed by atoms with Crippen molar-refractivity contribution in [1.82, 2.24) is 4.98 Å². The molecular formula is C14H13NO2. The number of hydrogen-bond acceptors (Lipinski definition) is 3. The summed E-state index contributed by atoms with van der Waals surface area (Å²) in [4.78, 5) is 16.1. The molecule has 0 radical (unpaired) electrons. The molecule has 0 amide bonds. The van der Waals surface area contributed by atoms with Gasteiger partial charge >= 0.3 is 0 Å². The second kappa shape index (κ2) is 4.78. The molecule has 0 aliphatic carbocycles. The monoisotopic (exact) mass is 227 g/mol. The van der Waals surface area contributed by atoms with Gasteiger partial charge in [-0.25, -0.2) is 0 Å². The number of benzene rings is 1. The van der Waals surface area contributed by atoms with Gasteiger partial charge in [0.1, 0.15) is 5.75 Å². The third kappa shape index (κ3) is 2.33. The van der Waals surface area contributed by atoms with E-state index in [0.29, 0.717) is 11.1 Å². The Morgan fingerprint density at radius 3 is 2.71 bits per heavy atom. The number of methoxy groups -OCH3 is 1. The van der Waals surface area contributed by atoms with Crippen molar-refractivity contribution in [2.45, 2.75) is 6.92 Å². The molecule has 0 N–H and O–H groups in total. The second-order valence-corrected chi connectivity index (χ2v) is 3.75. The Bertz CT molecular complexity index is 535. The first-order chi connectivity index (χ1) is 8.22. The minimum absolute atomic E-state index is 0.0155. The summed E-state index contributed by atoms with van der Waals surface area (Å²) >= 11 is 0. The molecule has 0 unspecified atom stereocenters. The van der Waals surface area contributed by atoms with Crippen molar-refractivity contribution in [2.24, 2.45) is 0 Å². The van der Waals surface area contributed by atoms with Gasteiger partial charge in [-0.3, -0.25) is 9.78 Å². The van der Waals surface area contributed by atoms with E-state index in [1.54, 1.807) is 43.8 Å². The molecule has 2 rings (SSSR count). The number of pyridine rings is 1. The van der Waals surface area contributed by atoms with Gasteiger partial charge < -0.3 is 4.74 Å². The highest BCUT2D eigenvalue weighted by atomic mass is 16.5. The Hall–Kier alpha value is -2.16. The lowest BCUT2D eigenvalue weighted by molar-refractivity contribution is 0.103. The van der Waals surface area contributed by atoms with E-state index in [0.717, 1.165) is 11.3 Å². The maximum atomic E-state index is 12.2. The first kappa shape index (κ1) is 11.3. The summed E-state index contributed by atoms with van der Waals surface area (Å²) in [6, 6.07) is 8.94. The summed E-state index contributed by atoms with van der Waals surface area (Å²) in [6.07, 6.45) is 3.23. The summed E-state index contributed by atoms with van der Waals surface area (Å²) in [6.45, 7) is 1.89. The normalized spacial score (nSPS) is 10.0. The summed E-state index contributed by atoms with van der Waals surface area (Å²) < 4.78 is 5.11. The van der Waals surface area contributed by atoms with E-state index in [4.69, 9.17) is 4.74 Å². The highest BCUT2D eigenvalue weighted by Gasteiger charge is 2.11. The van der Waals surface area contributed by atoms with E-state index in [-0.39, 0.29) is 5.78 Å². The maximum absolute atomic E-state index is 12.2. The second-order valence-electron chi connectivity index (χ2n) is 3.75. The summed E-state index contributed by atoms with van der Waals surface area (Å²) in [5, 5.41) is 0. The van der Waals surface area contributed by atoms with Gasteiger partial charge in [0.2, 0.25) is 0 Å². The lowest BCUT2D eigenvalue weighted by Crippen LogP contribution is -2.04. The van der Waals surface area contributed by atoms with Gasteiger partial charge in [0.15, 0.2) is 5.78 Å². The first-order valence-electron chi connectivity index (χ1n) is 5.31. The maximum Gasteiger partial charge on any atom is 0.194 e. The number of carbonyl (C=O) groups is 1. The van der Waals surface area contributed by atoms with Crippen LogP contribution in [0.5, 0.6) is 5.75 Å². The van der Waals surface area contributed by atoms with E-state index < -0.39 is 0 Å². The molecule has 0 saturated heterocycles. The predicted octanol–water partition coefficient (Wildman–Crippen LogP) is 2.63. The topological polar surface area (TPSA) is 39.2 Å². The van der Waals surface area contributed by atoms with Crippen LogP contribution in [0.3, 0.4) is 0 Å². The third-order valence-electron chi connectivity index (χ3n) is 2.60. The lowest BCUT2D eigenvalue weighted by atomic mass is 10.00. The molecule has 1 aromatic heterocycles. The number of ether oxygens (including phenoxy) is 1. The van der Waals surface area contributed by atoms with Crippen molar-refractivity contribution < 1.29 is 9.53 Å². The molecule has 3 heteroatoms. The summed E-state index contributed by atoms with van der Waals surface area (Å²) in [5.41, 5.74) is 2.18. The molecule has 1 heterocycles. The van der Waals surface area contributed by atoms with Crippen molar-refractivity contribution in [3.63, 3.8) is 0 Å². The lowest BCUT2D eigenvalue weighted by Gasteiger charge is -2.07. The number of carbonyl (C=O) groups excluding carboxylic acids is 1. The van der Waals surface area contributed by atoms with Gasteiger partial charge in [0.25, 0.3) is 0 Å². The third-order valence-corrected chi connectivity index (χ3v) is 2.60. The average molecular weight is 227 g/mol. The van der Waals surface area contributed by atoms with E-state index in [1.807, 2.05) is 13.0 Å². The van der Waals surface area contributed by atoms with Gasteiger partial charge in [-0.05, 0) is 42.8 Å². The standard InChI is InChI=1S/C14H13NO2/c1-10-8-12(17-2)5-6-13(10)14(16)11-4-3-7-15-9-11/h3-9H,1-2H3. The van der Waals surface area contributed by atoms with Crippen molar-refractivity contribution >= 4 is 5.78 Å². The molecule has 0 saturated carbocycles. The minimum Gasteiger partial charge on any atom is -0.497 e. The minimum atomic E-state index is -0.0155. The first-order valence-corrected chi connectivity index (χ1v) is 5.31. The van der Waals surface area contributed by atoms with Crippen LogP contribution in [-0.2, 0) is 0 Å². The van der Waals surface area contributed by atoms with Crippen molar-refractivity contribution in [2.75, 3.05) is 7.11 Å². The number of ketones is 1. The van der Waals surface area contributed by atoms with Crippen LogP contribution in [0.4, 0.5) is 0 Å². The van der Waals surface area contributed by atoms with Crippen LogP contribution >= 0.6 is 0 Å². The summed E-state index contributed by atoms with van der Waals surface area (Å²) in [7, 11) is 1.61. The van der Waals surface area contributed by atoms with Crippen molar-refractivity contribution in [3.05, 3.63) is 59.4 Å². The Kier molecular flexibility index (Phi) is 3.19. The van der Waals surface area contributed by atoms with Crippen molar-refractivity contribution in [1.29, 1.82) is 0 Å². The number of aryl methyl sites for hydroxylation is 1. The zero-order valence-electron chi connectivity index (χ0n) is 9.81. The van der Waals surface area contributed by atoms with Gasteiger partial charge in [-0.1, -0.05) is 0 Å². The van der Waals surface area contributed by atoms with Crippen LogP contribution in [-0.4, -0.2) is 17.9 Å². The highest BCUT2D eigenvalue weighted by molar-refractivity contribution is 6.09. The van der Waals surface area contributed by atoms with Gasteiger partial charge in [0.05, 0.1) is 7.11 Å². The quantitative estimate of drug-likeness (QED) is 0.757. The Labute approximate surface area is 100 Å². The molecule has 17 heavy (non-hydrogen) atoms. The fourth-order valence-electron chi connectivity index (χ4n) is 1.67. The molecule has 0 bridgehead atoms. The van der Waals surface area contributed by atoms with Crippen LogP contribution in [0.15, 0.2) is 42.7 Å². The van der Waals surface area contributed by atoms with E-state index >= 15 is 0 Å². The van der Waals surface area contributed by atoms with Crippen molar-refractivity contribution in [3.8, 4) is 5.75 Å². The van der Waals surface area contributed by atoms with E-state index in [2.05, 4.69) is 4.98 Å². The molecule has 1 aromatic carbocycles. The predicted molar refractivity (Wildman–Crippen MR) is 65.4 cm³/mol. The number of hydrogen-bond donors (Lipinski definition) is 0. The molecule has 86 valence electrons. The molecule has 0 aliphatic heterocycles. The molecule has 3 nitrogen and oxygen atoms in total. The Morgan fingerprint density at radius 2 is 2.12 bits per heavy atom. The zero-order valence-corrected chi connectivity index (χ0v) is 9.81. The van der Waals surface area contributed by atoms with Gasteiger partial charge in [-0.15, -0.1) is 0 Å². The fraction of sp³-hybridized carbons (Fsp3) is 0.143. The van der Waals surface area contributed by atoms with Gasteiger partial charge in [-0.2, -0.15) is 0 Å². The molecule has 0 atom stereocenters. The number of nitrogens with zero attached hydrogens (tertiary/aromatic N) is 1. The molecule has 0 fully saturated rings. The largest absolute Gasteiger partial charge is 0.497 e. The van der Waals surface area contributed by atoms with Crippen LogP contribution in [0.1, 0.15) is 21.5 Å². The molecule has 0 aliphatic rings. The van der Waals surface area contributed by atoms with Gasteiger partial charge in [0, 0.05) is 23.5 Å².